The molecule has 0 aliphatic heterocycles. The van der Waals surface area contributed by atoms with Gasteiger partial charge in [-0.15, -0.1) is 0 Å². The molecular formula is C22H36O4. The van der Waals surface area contributed by atoms with Crippen molar-refractivity contribution < 1.29 is 20.1 Å². The van der Waals surface area contributed by atoms with Crippen LogP contribution in [0.15, 0.2) is 12.2 Å². The number of Topliss-reactive ketones (excluding diaryl/α,β-unsaturated/α-hetero) is 1. The average molecular weight is 365 g/mol. The smallest absolute Gasteiger partial charge is 0.139 e. The Balaban J connectivity index is 1.46. The van der Waals surface area contributed by atoms with E-state index in [1.807, 2.05) is 12.2 Å². The Kier molecular flexibility index (Phi) is 6.92. The van der Waals surface area contributed by atoms with Gasteiger partial charge in [-0.3, -0.25) is 4.79 Å². The van der Waals surface area contributed by atoms with Gasteiger partial charge in [0.2, 0.25) is 0 Å². The van der Waals surface area contributed by atoms with Gasteiger partial charge in [-0.2, -0.15) is 0 Å². The molecule has 0 spiro atoms. The number of rotatable bonds is 10. The molecule has 3 aliphatic rings. The van der Waals surface area contributed by atoms with Gasteiger partial charge >= 0.3 is 0 Å². The van der Waals surface area contributed by atoms with E-state index in [2.05, 4.69) is 0 Å². The molecule has 26 heavy (non-hydrogen) atoms. The Morgan fingerprint density at radius 1 is 1.12 bits per heavy atom. The molecule has 6 atom stereocenters. The Morgan fingerprint density at radius 3 is 2.65 bits per heavy atom. The molecule has 0 radical (unpaired) electrons. The van der Waals surface area contributed by atoms with E-state index in [0.717, 1.165) is 57.3 Å². The van der Waals surface area contributed by atoms with Crippen LogP contribution in [0.3, 0.4) is 0 Å². The minimum Gasteiger partial charge on any atom is -0.396 e. The summed E-state index contributed by atoms with van der Waals surface area (Å²) in [7, 11) is 0. The second-order valence-corrected chi connectivity index (χ2v) is 8.94. The van der Waals surface area contributed by atoms with Gasteiger partial charge in [0.05, 0.1) is 11.7 Å². The topological polar surface area (TPSA) is 77.8 Å². The molecule has 0 aromatic heterocycles. The maximum absolute atomic E-state index is 12.3. The van der Waals surface area contributed by atoms with Crippen LogP contribution in [0.25, 0.3) is 0 Å². The lowest BCUT2D eigenvalue weighted by Crippen LogP contribution is -2.51. The monoisotopic (exact) mass is 364 g/mol. The van der Waals surface area contributed by atoms with Crippen molar-refractivity contribution in [2.75, 3.05) is 6.61 Å². The molecule has 4 heteroatoms. The van der Waals surface area contributed by atoms with E-state index in [0.29, 0.717) is 12.3 Å². The van der Waals surface area contributed by atoms with Crippen molar-refractivity contribution in [3.8, 4) is 0 Å². The molecule has 3 N–H and O–H groups in total. The van der Waals surface area contributed by atoms with Crippen LogP contribution in [0.1, 0.15) is 77.0 Å². The summed E-state index contributed by atoms with van der Waals surface area (Å²) in [6, 6.07) is 0. The highest BCUT2D eigenvalue weighted by atomic mass is 16.3. The SMILES string of the molecule is O=C1C[C@@H](O)[C@H](/C=C/CC2(O)CC3CCCC32)[C@H]1CCCCCCCO. The van der Waals surface area contributed by atoms with Crippen LogP contribution in [0.2, 0.25) is 0 Å². The van der Waals surface area contributed by atoms with Crippen molar-refractivity contribution in [2.24, 2.45) is 23.7 Å². The summed E-state index contributed by atoms with van der Waals surface area (Å²) >= 11 is 0. The van der Waals surface area contributed by atoms with E-state index in [-0.39, 0.29) is 30.6 Å². The molecule has 0 aromatic rings. The van der Waals surface area contributed by atoms with Crippen LogP contribution in [0, 0.1) is 23.7 Å². The summed E-state index contributed by atoms with van der Waals surface area (Å²) in [6.07, 6.45) is 15.0. The average Bonchev–Trinajstić information content (AvgIpc) is 3.12. The van der Waals surface area contributed by atoms with Gasteiger partial charge in [-0.05, 0) is 50.4 Å². The predicted octanol–water partition coefficient (Wildman–Crippen LogP) is 3.38. The number of hydrogen-bond acceptors (Lipinski definition) is 4. The Labute approximate surface area is 157 Å². The molecule has 148 valence electrons. The molecule has 3 fully saturated rings. The highest BCUT2D eigenvalue weighted by Crippen LogP contribution is 2.55. The van der Waals surface area contributed by atoms with Crippen LogP contribution in [0.4, 0.5) is 0 Å². The normalized spacial score (nSPS) is 39.5. The number of fused-ring (bicyclic) bond motifs is 1. The van der Waals surface area contributed by atoms with Gasteiger partial charge < -0.3 is 15.3 Å². The van der Waals surface area contributed by atoms with Crippen LogP contribution in [0.5, 0.6) is 0 Å². The second-order valence-electron chi connectivity index (χ2n) is 8.94. The lowest BCUT2D eigenvalue weighted by atomic mass is 9.61. The molecule has 3 rings (SSSR count). The van der Waals surface area contributed by atoms with E-state index in [9.17, 15) is 15.0 Å². The third kappa shape index (κ3) is 4.40. The van der Waals surface area contributed by atoms with E-state index in [1.54, 1.807) is 0 Å². The van der Waals surface area contributed by atoms with Crippen LogP contribution >= 0.6 is 0 Å². The maximum Gasteiger partial charge on any atom is 0.139 e. The molecule has 0 saturated heterocycles. The first-order valence-electron chi connectivity index (χ1n) is 10.8. The fourth-order valence-electron chi connectivity index (χ4n) is 5.70. The molecule has 0 bridgehead atoms. The van der Waals surface area contributed by atoms with Crippen molar-refractivity contribution in [1.29, 1.82) is 0 Å². The van der Waals surface area contributed by atoms with Crippen molar-refractivity contribution in [2.45, 2.75) is 88.8 Å². The first-order valence-corrected chi connectivity index (χ1v) is 10.8. The Bertz CT molecular complexity index is 502. The Morgan fingerprint density at radius 2 is 1.88 bits per heavy atom. The number of aliphatic hydroxyl groups excluding tert-OH is 2. The third-order valence-electron chi connectivity index (χ3n) is 7.20. The zero-order valence-corrected chi connectivity index (χ0v) is 16.0. The van der Waals surface area contributed by atoms with Crippen molar-refractivity contribution in [1.82, 2.24) is 0 Å². The summed E-state index contributed by atoms with van der Waals surface area (Å²) in [5.41, 5.74) is -0.534. The maximum atomic E-state index is 12.3. The number of aliphatic hydroxyl groups is 3. The standard InChI is InChI=1S/C22H36O4/c23-13-5-3-1-2-4-9-17-18(21(25)14-20(17)24)10-7-12-22(26)15-16-8-6-11-19(16)22/h7,10,16-19,21,23,25-26H,1-6,8-9,11-15H2/b10-7+/t16?,17-,18-,19?,21-,22?/m1/s1. The first-order chi connectivity index (χ1) is 12.5. The largest absolute Gasteiger partial charge is 0.396 e. The lowest BCUT2D eigenvalue weighted by molar-refractivity contribution is -0.122. The first kappa shape index (κ1) is 20.0. The number of ketones is 1. The van der Waals surface area contributed by atoms with E-state index >= 15 is 0 Å². The van der Waals surface area contributed by atoms with Crippen LogP contribution in [-0.4, -0.2) is 39.4 Å². The quantitative estimate of drug-likeness (QED) is 0.410. The predicted molar refractivity (Wildman–Crippen MR) is 102 cm³/mol. The van der Waals surface area contributed by atoms with Gasteiger partial charge in [-0.1, -0.05) is 44.3 Å². The summed E-state index contributed by atoms with van der Waals surface area (Å²) in [4.78, 5) is 12.3. The van der Waals surface area contributed by atoms with Gasteiger partial charge in [0.25, 0.3) is 0 Å². The number of hydrogen-bond donors (Lipinski definition) is 3. The zero-order valence-electron chi connectivity index (χ0n) is 16.0. The van der Waals surface area contributed by atoms with Crippen molar-refractivity contribution >= 4 is 5.78 Å². The van der Waals surface area contributed by atoms with Gasteiger partial charge in [-0.25, -0.2) is 0 Å². The molecule has 3 unspecified atom stereocenters. The molecule has 0 heterocycles. The highest BCUT2D eigenvalue weighted by Gasteiger charge is 2.53. The van der Waals surface area contributed by atoms with E-state index in [4.69, 9.17) is 5.11 Å². The second kappa shape index (κ2) is 8.99. The Hall–Kier alpha value is -0.710. The molecule has 3 aliphatic carbocycles. The van der Waals surface area contributed by atoms with Crippen LogP contribution in [-0.2, 0) is 4.79 Å². The van der Waals surface area contributed by atoms with Gasteiger partial charge in [0, 0.05) is 24.9 Å². The minimum atomic E-state index is -0.562. The number of carbonyl (C=O) groups excluding carboxylic acids is 1. The fourth-order valence-corrected chi connectivity index (χ4v) is 5.70. The minimum absolute atomic E-state index is 0.0608. The van der Waals surface area contributed by atoms with Gasteiger partial charge in [0.15, 0.2) is 0 Å². The number of carbonyl (C=O) groups is 1. The molecule has 3 saturated carbocycles. The molecular weight excluding hydrogens is 328 g/mol. The molecule has 0 aromatic carbocycles. The van der Waals surface area contributed by atoms with E-state index in [1.165, 1.54) is 12.8 Å². The zero-order chi connectivity index (χ0) is 18.6. The van der Waals surface area contributed by atoms with Gasteiger partial charge in [0.1, 0.15) is 5.78 Å². The fraction of sp³-hybridized carbons (Fsp3) is 0.864. The van der Waals surface area contributed by atoms with Crippen LogP contribution < -0.4 is 0 Å². The highest BCUT2D eigenvalue weighted by molar-refractivity contribution is 5.84. The van der Waals surface area contributed by atoms with Crippen molar-refractivity contribution in [3.05, 3.63) is 12.2 Å². The molecule has 0 amide bonds. The summed E-state index contributed by atoms with van der Waals surface area (Å²) < 4.78 is 0. The molecule has 4 nitrogen and oxygen atoms in total. The van der Waals surface area contributed by atoms with E-state index < -0.39 is 11.7 Å². The summed E-state index contributed by atoms with van der Waals surface area (Å²) in [6.45, 7) is 0.258. The lowest BCUT2D eigenvalue weighted by Gasteiger charge is -2.48. The number of unbranched alkanes of at least 4 members (excludes halogenated alkanes) is 4. The van der Waals surface area contributed by atoms with Crippen molar-refractivity contribution in [3.63, 3.8) is 0 Å². The summed E-state index contributed by atoms with van der Waals surface area (Å²) in [5, 5.41) is 29.9. The summed E-state index contributed by atoms with van der Waals surface area (Å²) in [5.74, 6) is 1.25. The third-order valence-corrected chi connectivity index (χ3v) is 7.20.